The second-order valence-corrected chi connectivity index (χ2v) is 9.97. The van der Waals surface area contributed by atoms with Crippen LogP contribution in [-0.2, 0) is 11.3 Å². The Kier molecular flexibility index (Phi) is 7.98. The molecule has 0 bridgehead atoms. The van der Waals surface area contributed by atoms with Crippen LogP contribution in [0.4, 0.5) is 5.13 Å². The van der Waals surface area contributed by atoms with Gasteiger partial charge in [0.2, 0.25) is 5.89 Å². The number of nitrogens with one attached hydrogen (secondary N) is 2. The molecule has 0 radical (unpaired) electrons. The number of hydrogen-bond donors (Lipinski definition) is 3. The number of carbonyl (C=O) groups excluding carboxylic acids is 2. The number of hydrogen-bond acceptors (Lipinski definition) is 9. The molecule has 0 unspecified atom stereocenters. The number of Topliss-reactive ketones (excluding diaryl/α,β-unsaturated/α-hetero) is 1. The minimum absolute atomic E-state index is 0.00150. The third-order valence-electron chi connectivity index (χ3n) is 5.96. The van der Waals surface area contributed by atoms with Crippen LogP contribution in [0, 0.1) is 12.8 Å². The van der Waals surface area contributed by atoms with E-state index < -0.39 is 11.9 Å². The van der Waals surface area contributed by atoms with E-state index in [1.54, 1.807) is 14.0 Å². The second-order valence-electron chi connectivity index (χ2n) is 8.24. The number of nitrogens with zero attached hydrogens (tertiary/aromatic N) is 3. The minimum atomic E-state index is -1.25. The minimum Gasteiger partial charge on any atom is -0.477 e. The lowest BCUT2D eigenvalue weighted by Crippen LogP contribution is -2.45. The molecule has 0 aromatic carbocycles. The first-order valence-corrected chi connectivity index (χ1v) is 12.5. The number of anilines is 1. The van der Waals surface area contributed by atoms with Crippen LogP contribution in [0.2, 0.25) is 10.0 Å². The first-order chi connectivity index (χ1) is 17.2. The van der Waals surface area contributed by atoms with Crippen LogP contribution in [0.1, 0.15) is 55.1 Å². The molecule has 4 heterocycles. The fourth-order valence-corrected chi connectivity index (χ4v) is 5.44. The number of aryl methyl sites for hydroxylation is 1. The van der Waals surface area contributed by atoms with E-state index in [4.69, 9.17) is 32.4 Å². The number of ketones is 1. The number of oxazole rings is 1. The summed E-state index contributed by atoms with van der Waals surface area (Å²) in [6.07, 6.45) is 3.28. The van der Waals surface area contributed by atoms with Crippen LogP contribution in [0.5, 0.6) is 0 Å². The zero-order valence-corrected chi connectivity index (χ0v) is 21.7. The highest BCUT2D eigenvalue weighted by Crippen LogP contribution is 2.34. The Labute approximate surface area is 219 Å². The van der Waals surface area contributed by atoms with Crippen molar-refractivity contribution in [2.45, 2.75) is 32.4 Å². The van der Waals surface area contributed by atoms with Crippen molar-refractivity contribution in [3.8, 4) is 0 Å². The monoisotopic (exact) mass is 555 g/mol. The largest absolute Gasteiger partial charge is 0.477 e. The van der Waals surface area contributed by atoms with Crippen molar-refractivity contribution in [3.63, 3.8) is 0 Å². The summed E-state index contributed by atoms with van der Waals surface area (Å²) < 4.78 is 10.7. The summed E-state index contributed by atoms with van der Waals surface area (Å²) in [6, 6.07) is 0. The molecule has 1 saturated heterocycles. The number of aromatic nitrogens is 3. The second kappa shape index (κ2) is 11.0. The van der Waals surface area contributed by atoms with E-state index in [0.29, 0.717) is 35.4 Å². The van der Waals surface area contributed by atoms with E-state index in [-0.39, 0.29) is 57.9 Å². The van der Waals surface area contributed by atoms with E-state index in [2.05, 4.69) is 20.3 Å². The van der Waals surface area contributed by atoms with Crippen LogP contribution < -0.4 is 10.2 Å². The number of ether oxygens (including phenoxy) is 1. The highest BCUT2D eigenvalue weighted by atomic mass is 35.5. The Balaban J connectivity index is 1.45. The standard InChI is InChI=1S/C22H23Cl2N5O6S/c1-10-15(23)16(24)17(27-10)12(30)7-11-3-5-29(9-13(11)34-2)22-28-18(19(36-22)21(32)33)20(31)26-8-14-25-4-6-35-14/h4,6,11,13,27H,3,5,7-9H2,1-2H3,(H,26,31)(H,32,33)/t11-,13-/m0/s1. The predicted octanol–water partition coefficient (Wildman–Crippen LogP) is 3.82. The SMILES string of the molecule is CO[C@H]1CN(c2nc(C(=O)NCc3ncco3)c(C(=O)O)s2)CC[C@H]1CC(=O)c1[nH]c(C)c(Cl)c1Cl. The summed E-state index contributed by atoms with van der Waals surface area (Å²) in [5.74, 6) is -1.87. The molecule has 2 atom stereocenters. The van der Waals surface area contributed by atoms with Gasteiger partial charge in [0.15, 0.2) is 16.6 Å². The number of aromatic carboxylic acids is 1. The summed E-state index contributed by atoms with van der Waals surface area (Å²) in [4.78, 5) is 50.2. The average molecular weight is 556 g/mol. The third kappa shape index (κ3) is 5.41. The van der Waals surface area contributed by atoms with Crippen molar-refractivity contribution in [1.29, 1.82) is 0 Å². The average Bonchev–Trinajstić information content (AvgIpc) is 3.60. The molecule has 0 saturated carbocycles. The maximum absolute atomic E-state index is 12.9. The molecule has 1 amide bonds. The molecule has 3 N–H and O–H groups in total. The van der Waals surface area contributed by atoms with Gasteiger partial charge in [-0.15, -0.1) is 0 Å². The van der Waals surface area contributed by atoms with Crippen LogP contribution in [-0.4, -0.2) is 64.0 Å². The number of aromatic amines is 1. The number of methoxy groups -OCH3 is 1. The number of thiazole rings is 1. The van der Waals surface area contributed by atoms with E-state index >= 15 is 0 Å². The van der Waals surface area contributed by atoms with Gasteiger partial charge in [0, 0.05) is 32.3 Å². The van der Waals surface area contributed by atoms with Crippen molar-refractivity contribution in [3.05, 3.63) is 50.4 Å². The third-order valence-corrected chi connectivity index (χ3v) is 8.01. The van der Waals surface area contributed by atoms with Gasteiger partial charge in [-0.05, 0) is 19.3 Å². The molecule has 11 nitrogen and oxygen atoms in total. The Morgan fingerprint density at radius 1 is 1.36 bits per heavy atom. The highest BCUT2D eigenvalue weighted by molar-refractivity contribution is 7.17. The first-order valence-electron chi connectivity index (χ1n) is 10.9. The molecule has 0 aliphatic carbocycles. The van der Waals surface area contributed by atoms with Crippen molar-refractivity contribution in [1.82, 2.24) is 20.3 Å². The smallest absolute Gasteiger partial charge is 0.348 e. The summed E-state index contributed by atoms with van der Waals surface area (Å²) >= 11 is 13.2. The lowest BCUT2D eigenvalue weighted by atomic mass is 9.88. The zero-order valence-electron chi connectivity index (χ0n) is 19.3. The van der Waals surface area contributed by atoms with Crippen molar-refractivity contribution in [2.24, 2.45) is 5.92 Å². The van der Waals surface area contributed by atoms with Gasteiger partial charge in [-0.1, -0.05) is 34.5 Å². The number of carboxylic acids is 1. The van der Waals surface area contributed by atoms with Crippen LogP contribution >= 0.6 is 34.5 Å². The first kappa shape index (κ1) is 26.1. The molecular formula is C22H23Cl2N5O6S. The number of halogens is 2. The zero-order chi connectivity index (χ0) is 26.0. The van der Waals surface area contributed by atoms with Gasteiger partial charge in [-0.2, -0.15) is 0 Å². The maximum Gasteiger partial charge on any atom is 0.348 e. The van der Waals surface area contributed by atoms with E-state index in [9.17, 15) is 19.5 Å². The van der Waals surface area contributed by atoms with Gasteiger partial charge in [-0.25, -0.2) is 14.8 Å². The molecule has 3 aromatic rings. The summed E-state index contributed by atoms with van der Waals surface area (Å²) in [7, 11) is 1.56. The highest BCUT2D eigenvalue weighted by Gasteiger charge is 2.34. The fourth-order valence-electron chi connectivity index (χ4n) is 4.07. The van der Waals surface area contributed by atoms with Crippen LogP contribution in [0.3, 0.4) is 0 Å². The number of H-pyrrole nitrogens is 1. The Bertz CT molecular complexity index is 1270. The van der Waals surface area contributed by atoms with Crippen LogP contribution in [0.25, 0.3) is 0 Å². The molecule has 1 aliphatic rings. The number of amides is 1. The lowest BCUT2D eigenvalue weighted by Gasteiger charge is -2.37. The summed E-state index contributed by atoms with van der Waals surface area (Å²) in [5.41, 5.74) is 0.721. The quantitative estimate of drug-likeness (QED) is 0.334. The normalized spacial score (nSPS) is 17.8. The molecule has 1 fully saturated rings. The molecule has 1 aliphatic heterocycles. The van der Waals surface area contributed by atoms with E-state index in [1.165, 1.54) is 12.5 Å². The molecular weight excluding hydrogens is 533 g/mol. The van der Waals surface area contributed by atoms with Gasteiger partial charge in [-0.3, -0.25) is 9.59 Å². The number of carboxylic acid groups (broad SMARTS) is 1. The molecule has 0 spiro atoms. The molecule has 3 aromatic heterocycles. The van der Waals surface area contributed by atoms with Gasteiger partial charge >= 0.3 is 5.97 Å². The van der Waals surface area contributed by atoms with Crippen LogP contribution in [0.15, 0.2) is 16.9 Å². The molecule has 14 heteroatoms. The molecule has 4 rings (SSSR count). The van der Waals surface area contributed by atoms with E-state index in [0.717, 1.165) is 11.3 Å². The van der Waals surface area contributed by atoms with Gasteiger partial charge in [0.25, 0.3) is 5.91 Å². The number of carbonyl (C=O) groups is 3. The summed E-state index contributed by atoms with van der Waals surface area (Å²) in [5, 5.41) is 13.1. The molecule has 192 valence electrons. The Hall–Kier alpha value is -2.93. The predicted molar refractivity (Wildman–Crippen MR) is 132 cm³/mol. The number of rotatable bonds is 9. The maximum atomic E-state index is 12.9. The Morgan fingerprint density at radius 3 is 2.75 bits per heavy atom. The van der Waals surface area contributed by atoms with Gasteiger partial charge in [0.1, 0.15) is 16.8 Å². The van der Waals surface area contributed by atoms with Gasteiger partial charge < -0.3 is 29.5 Å². The Morgan fingerprint density at radius 2 is 2.14 bits per heavy atom. The van der Waals surface area contributed by atoms with Crippen molar-refractivity contribution >= 4 is 57.3 Å². The van der Waals surface area contributed by atoms with Gasteiger partial charge in [0.05, 0.1) is 28.9 Å². The fraction of sp³-hybridized carbons (Fsp3) is 0.409. The summed E-state index contributed by atoms with van der Waals surface area (Å²) in [6.45, 7) is 2.61. The lowest BCUT2D eigenvalue weighted by molar-refractivity contribution is 0.0375. The topological polar surface area (TPSA) is 151 Å². The van der Waals surface area contributed by atoms with Crippen molar-refractivity contribution in [2.75, 3.05) is 25.1 Å². The van der Waals surface area contributed by atoms with E-state index in [1.807, 2.05) is 4.90 Å². The van der Waals surface area contributed by atoms with Crippen molar-refractivity contribution < 1.29 is 28.6 Å². The number of piperidine rings is 1. The molecule has 36 heavy (non-hydrogen) atoms.